The van der Waals surface area contributed by atoms with Gasteiger partial charge in [0.2, 0.25) is 0 Å². The lowest BCUT2D eigenvalue weighted by Crippen LogP contribution is -2.20. The molecule has 1 aromatic rings. The van der Waals surface area contributed by atoms with E-state index in [4.69, 9.17) is 27.2 Å². The Labute approximate surface area is 91.0 Å². The second-order valence-electron chi connectivity index (χ2n) is 2.86. The topological polar surface area (TPSA) is 92.8 Å². The Morgan fingerprint density at radius 2 is 2.20 bits per heavy atom. The van der Waals surface area contributed by atoms with Crippen molar-refractivity contribution in [1.82, 2.24) is 0 Å². The molecule has 0 aliphatic rings. The third kappa shape index (κ3) is 2.31. The molecule has 4 N–H and O–H groups in total. The number of hydrogen-bond acceptors (Lipinski definition) is 4. The van der Waals surface area contributed by atoms with E-state index in [9.17, 15) is 9.90 Å². The predicted octanol–water partition coefficient (Wildman–Crippen LogP) is 1.14. The molecule has 15 heavy (non-hydrogen) atoms. The number of methoxy groups -OCH3 is 1. The fourth-order valence-corrected chi connectivity index (χ4v) is 1.34. The number of aliphatic carboxylic acids is 1. The molecular formula is C9H10ClNO4. The van der Waals surface area contributed by atoms with Crippen molar-refractivity contribution < 1.29 is 19.7 Å². The minimum Gasteiger partial charge on any atom is -0.504 e. The van der Waals surface area contributed by atoms with Crippen LogP contribution in [0.3, 0.4) is 0 Å². The van der Waals surface area contributed by atoms with E-state index in [-0.39, 0.29) is 22.1 Å². The van der Waals surface area contributed by atoms with Crippen molar-refractivity contribution in [2.24, 2.45) is 5.73 Å². The Morgan fingerprint density at radius 3 is 2.67 bits per heavy atom. The van der Waals surface area contributed by atoms with Gasteiger partial charge in [-0.1, -0.05) is 11.6 Å². The molecule has 5 nitrogen and oxygen atoms in total. The molecule has 1 aromatic carbocycles. The van der Waals surface area contributed by atoms with Gasteiger partial charge in [-0.25, -0.2) is 0 Å². The fourth-order valence-electron chi connectivity index (χ4n) is 1.12. The third-order valence-electron chi connectivity index (χ3n) is 1.89. The van der Waals surface area contributed by atoms with E-state index in [0.29, 0.717) is 0 Å². The van der Waals surface area contributed by atoms with Crippen LogP contribution in [0.5, 0.6) is 11.5 Å². The molecule has 0 bridgehead atoms. The monoisotopic (exact) mass is 231 g/mol. The van der Waals surface area contributed by atoms with Crippen LogP contribution in [-0.2, 0) is 4.79 Å². The molecule has 0 saturated heterocycles. The maximum absolute atomic E-state index is 10.6. The summed E-state index contributed by atoms with van der Waals surface area (Å²) in [7, 11) is 1.33. The first kappa shape index (κ1) is 11.6. The molecule has 1 unspecified atom stereocenters. The van der Waals surface area contributed by atoms with E-state index in [1.165, 1.54) is 19.2 Å². The van der Waals surface area contributed by atoms with Gasteiger partial charge >= 0.3 is 5.97 Å². The fraction of sp³-hybridized carbons (Fsp3) is 0.222. The van der Waals surface area contributed by atoms with Crippen LogP contribution in [0.2, 0.25) is 5.02 Å². The van der Waals surface area contributed by atoms with Gasteiger partial charge in [-0.15, -0.1) is 0 Å². The highest BCUT2D eigenvalue weighted by molar-refractivity contribution is 6.30. The van der Waals surface area contributed by atoms with Gasteiger partial charge in [-0.3, -0.25) is 4.79 Å². The minimum absolute atomic E-state index is 0.0202. The SMILES string of the molecule is COc1cc(Cl)cc(C(N)C(=O)O)c1O. The molecule has 0 spiro atoms. The van der Waals surface area contributed by atoms with E-state index < -0.39 is 12.0 Å². The van der Waals surface area contributed by atoms with E-state index in [2.05, 4.69) is 0 Å². The summed E-state index contributed by atoms with van der Waals surface area (Å²) in [5.74, 6) is -1.47. The summed E-state index contributed by atoms with van der Waals surface area (Å²) >= 11 is 5.71. The van der Waals surface area contributed by atoms with Gasteiger partial charge in [-0.05, 0) is 6.07 Å². The van der Waals surface area contributed by atoms with Gasteiger partial charge in [0.1, 0.15) is 6.04 Å². The predicted molar refractivity (Wildman–Crippen MR) is 54.2 cm³/mol. The zero-order valence-corrected chi connectivity index (χ0v) is 8.65. The molecule has 0 saturated carbocycles. The Balaban J connectivity index is 3.28. The van der Waals surface area contributed by atoms with Crippen molar-refractivity contribution in [2.75, 3.05) is 7.11 Å². The van der Waals surface area contributed by atoms with Crippen LogP contribution >= 0.6 is 11.6 Å². The van der Waals surface area contributed by atoms with Crippen LogP contribution in [0, 0.1) is 0 Å². The standard InChI is InChI=1S/C9H10ClNO4/c1-15-6-3-4(10)2-5(8(6)12)7(11)9(13)14/h2-3,7,12H,11H2,1H3,(H,13,14). The summed E-state index contributed by atoms with van der Waals surface area (Å²) in [5.41, 5.74) is 5.38. The number of hydrogen-bond donors (Lipinski definition) is 3. The Bertz CT molecular complexity index is 394. The number of nitrogens with two attached hydrogens (primary N) is 1. The number of carbonyl (C=O) groups is 1. The molecule has 6 heteroatoms. The maximum atomic E-state index is 10.6. The first-order valence-corrected chi connectivity index (χ1v) is 4.40. The molecule has 0 aliphatic carbocycles. The largest absolute Gasteiger partial charge is 0.504 e. The first-order valence-electron chi connectivity index (χ1n) is 4.02. The van der Waals surface area contributed by atoms with Crippen molar-refractivity contribution in [1.29, 1.82) is 0 Å². The first-order chi connectivity index (χ1) is 6.97. The number of carboxylic acids is 1. The Kier molecular flexibility index (Phi) is 3.39. The van der Waals surface area contributed by atoms with Crippen molar-refractivity contribution in [3.8, 4) is 11.5 Å². The van der Waals surface area contributed by atoms with Crippen molar-refractivity contribution in [2.45, 2.75) is 6.04 Å². The number of benzene rings is 1. The maximum Gasteiger partial charge on any atom is 0.325 e. The highest BCUT2D eigenvalue weighted by Gasteiger charge is 2.21. The van der Waals surface area contributed by atoms with Crippen LogP contribution in [0.15, 0.2) is 12.1 Å². The van der Waals surface area contributed by atoms with Crippen molar-refractivity contribution >= 4 is 17.6 Å². The molecule has 0 amide bonds. The molecule has 1 atom stereocenters. The number of ether oxygens (including phenoxy) is 1. The normalized spacial score (nSPS) is 12.2. The van der Waals surface area contributed by atoms with E-state index in [1.54, 1.807) is 0 Å². The smallest absolute Gasteiger partial charge is 0.325 e. The highest BCUT2D eigenvalue weighted by Crippen LogP contribution is 2.36. The number of phenols is 1. The molecule has 0 aliphatic heterocycles. The summed E-state index contributed by atoms with van der Waals surface area (Å²) < 4.78 is 4.81. The van der Waals surface area contributed by atoms with Crippen molar-refractivity contribution in [3.05, 3.63) is 22.7 Å². The Morgan fingerprint density at radius 1 is 1.60 bits per heavy atom. The van der Waals surface area contributed by atoms with Crippen LogP contribution in [0.1, 0.15) is 11.6 Å². The molecule has 0 fully saturated rings. The van der Waals surface area contributed by atoms with Crippen molar-refractivity contribution in [3.63, 3.8) is 0 Å². The molecule has 0 radical (unpaired) electrons. The molecular weight excluding hydrogens is 222 g/mol. The second-order valence-corrected chi connectivity index (χ2v) is 3.30. The van der Waals surface area contributed by atoms with Gasteiger partial charge in [0.15, 0.2) is 11.5 Å². The lowest BCUT2D eigenvalue weighted by molar-refractivity contribution is -0.138. The zero-order valence-electron chi connectivity index (χ0n) is 7.90. The molecule has 0 heterocycles. The van der Waals surface area contributed by atoms with Crippen LogP contribution in [0.4, 0.5) is 0 Å². The average Bonchev–Trinajstić information content (AvgIpc) is 2.19. The van der Waals surface area contributed by atoms with Crippen LogP contribution < -0.4 is 10.5 Å². The lowest BCUT2D eigenvalue weighted by atomic mass is 10.1. The molecule has 1 rings (SSSR count). The quantitative estimate of drug-likeness (QED) is 0.725. The van der Waals surface area contributed by atoms with Crippen LogP contribution in [0.25, 0.3) is 0 Å². The number of carboxylic acid groups (broad SMARTS) is 1. The summed E-state index contributed by atoms with van der Waals surface area (Å²) in [6.07, 6.45) is 0. The van der Waals surface area contributed by atoms with Gasteiger partial charge < -0.3 is 20.7 Å². The van der Waals surface area contributed by atoms with E-state index in [1.807, 2.05) is 0 Å². The second kappa shape index (κ2) is 4.37. The van der Waals surface area contributed by atoms with E-state index in [0.717, 1.165) is 0 Å². The summed E-state index contributed by atoms with van der Waals surface area (Å²) in [5, 5.41) is 18.5. The van der Waals surface area contributed by atoms with Gasteiger partial charge in [0, 0.05) is 16.7 Å². The number of halogens is 1. The number of rotatable bonds is 3. The molecule has 82 valence electrons. The summed E-state index contributed by atoms with van der Waals surface area (Å²) in [6.45, 7) is 0. The summed E-state index contributed by atoms with van der Waals surface area (Å²) in [6, 6.07) is 1.32. The highest BCUT2D eigenvalue weighted by atomic mass is 35.5. The van der Waals surface area contributed by atoms with Gasteiger partial charge in [0.05, 0.1) is 7.11 Å². The lowest BCUT2D eigenvalue weighted by Gasteiger charge is -2.12. The Hall–Kier alpha value is -1.46. The number of phenolic OH excluding ortho intramolecular Hbond substituents is 1. The van der Waals surface area contributed by atoms with E-state index >= 15 is 0 Å². The van der Waals surface area contributed by atoms with Crippen LogP contribution in [-0.4, -0.2) is 23.3 Å². The zero-order chi connectivity index (χ0) is 11.6. The summed E-state index contributed by atoms with van der Waals surface area (Å²) in [4.78, 5) is 10.6. The molecule has 0 aromatic heterocycles. The minimum atomic E-state index is -1.34. The third-order valence-corrected chi connectivity index (χ3v) is 2.11. The van der Waals surface area contributed by atoms with Gasteiger partial charge in [-0.2, -0.15) is 0 Å². The number of aromatic hydroxyl groups is 1. The van der Waals surface area contributed by atoms with Gasteiger partial charge in [0.25, 0.3) is 0 Å². The average molecular weight is 232 g/mol.